The topological polar surface area (TPSA) is 6.25 Å². The Morgan fingerprint density at radius 2 is 1.67 bits per heavy atom. The number of benzene rings is 2. The smallest absolute Gasteiger partial charge is 0.209 e. The van der Waals surface area contributed by atoms with Crippen LogP contribution in [0.2, 0.25) is 0 Å². The maximum atomic E-state index is 2.41. The van der Waals surface area contributed by atoms with Gasteiger partial charge >= 0.3 is 0 Å². The highest BCUT2D eigenvalue weighted by Crippen LogP contribution is 2.33. The highest BCUT2D eigenvalue weighted by molar-refractivity contribution is 5.96. The Morgan fingerprint density at radius 3 is 2.48 bits per heavy atom. The average molecular weight is 356 g/mol. The van der Waals surface area contributed by atoms with Crippen molar-refractivity contribution in [3.05, 3.63) is 95.7 Å². The number of hydrogen-bond acceptors (Lipinski definition) is 1. The molecule has 27 heavy (non-hydrogen) atoms. The van der Waals surface area contributed by atoms with Crippen LogP contribution in [0, 0.1) is 0 Å². The number of para-hydroxylation sites is 2. The molecule has 2 aliphatic heterocycles. The van der Waals surface area contributed by atoms with Gasteiger partial charge in [0.05, 0.1) is 6.42 Å². The van der Waals surface area contributed by atoms with Gasteiger partial charge in [-0.2, -0.15) is 4.58 Å². The highest BCUT2D eigenvalue weighted by atomic mass is 15.2. The number of likely N-dealkylation sites (N-methyl/N-ethyl adjacent to an activating group) is 1. The molecule has 0 aliphatic carbocycles. The van der Waals surface area contributed by atoms with Crippen LogP contribution in [0.5, 0.6) is 0 Å². The van der Waals surface area contributed by atoms with Crippen molar-refractivity contribution in [1.29, 1.82) is 0 Å². The summed E-state index contributed by atoms with van der Waals surface area (Å²) in [6.07, 6.45) is 13.0. The lowest BCUT2D eigenvalue weighted by molar-refractivity contribution is -0.432. The molecule has 2 heterocycles. The summed E-state index contributed by atoms with van der Waals surface area (Å²) in [5, 5.41) is 0. The fraction of sp³-hybridized carbons (Fsp3) is 0.240. The molecule has 0 saturated carbocycles. The zero-order valence-corrected chi connectivity index (χ0v) is 16.2. The zero-order chi connectivity index (χ0) is 18.6. The first-order valence-corrected chi connectivity index (χ1v) is 9.92. The second-order valence-electron chi connectivity index (χ2n) is 6.99. The molecular weight excluding hydrogens is 328 g/mol. The van der Waals surface area contributed by atoms with Gasteiger partial charge in [-0.25, -0.2) is 0 Å². The number of allylic oxidation sites excluding steroid dienone is 6. The lowest BCUT2D eigenvalue weighted by atomic mass is 10.1. The molecule has 0 radical (unpaired) electrons. The second-order valence-corrected chi connectivity index (χ2v) is 6.99. The van der Waals surface area contributed by atoms with Crippen LogP contribution in [0.3, 0.4) is 0 Å². The molecule has 4 rings (SSSR count). The summed E-state index contributed by atoms with van der Waals surface area (Å²) in [5.74, 6) is 0. The Labute approximate surface area is 162 Å². The van der Waals surface area contributed by atoms with Crippen molar-refractivity contribution in [2.45, 2.75) is 26.7 Å². The van der Waals surface area contributed by atoms with Crippen LogP contribution in [0.1, 0.15) is 25.0 Å². The van der Waals surface area contributed by atoms with Crippen LogP contribution >= 0.6 is 0 Å². The summed E-state index contributed by atoms with van der Waals surface area (Å²) in [6, 6.07) is 17.4. The van der Waals surface area contributed by atoms with E-state index in [1.807, 2.05) is 0 Å². The molecule has 2 nitrogen and oxygen atoms in total. The molecule has 0 N–H and O–H groups in total. The van der Waals surface area contributed by atoms with Crippen LogP contribution < -0.4 is 4.90 Å². The van der Waals surface area contributed by atoms with Crippen molar-refractivity contribution in [1.82, 2.24) is 0 Å². The lowest BCUT2D eigenvalue weighted by Gasteiger charge is -2.18. The Bertz CT molecular complexity index is 960. The van der Waals surface area contributed by atoms with Crippen LogP contribution in [-0.2, 0) is 12.8 Å². The van der Waals surface area contributed by atoms with Crippen molar-refractivity contribution < 1.29 is 4.58 Å². The van der Waals surface area contributed by atoms with E-state index in [4.69, 9.17) is 0 Å². The number of fused-ring (bicyclic) bond motifs is 2. The molecule has 0 spiro atoms. The van der Waals surface area contributed by atoms with Crippen molar-refractivity contribution in [3.8, 4) is 0 Å². The predicted octanol–water partition coefficient (Wildman–Crippen LogP) is 5.43. The molecule has 0 bridgehead atoms. The van der Waals surface area contributed by atoms with E-state index >= 15 is 0 Å². The fourth-order valence-electron chi connectivity index (χ4n) is 4.18. The van der Waals surface area contributed by atoms with Crippen LogP contribution in [-0.4, -0.2) is 23.4 Å². The number of rotatable bonds is 5. The largest absolute Gasteiger partial charge is 0.345 e. The van der Waals surface area contributed by atoms with Crippen molar-refractivity contribution in [2.75, 3.05) is 18.0 Å². The van der Waals surface area contributed by atoms with E-state index in [1.54, 1.807) is 0 Å². The van der Waals surface area contributed by atoms with Gasteiger partial charge < -0.3 is 4.90 Å². The summed E-state index contributed by atoms with van der Waals surface area (Å²) >= 11 is 0. The van der Waals surface area contributed by atoms with Gasteiger partial charge in [-0.1, -0.05) is 54.6 Å². The Hall–Kier alpha value is -2.87. The molecule has 0 aromatic heterocycles. The van der Waals surface area contributed by atoms with E-state index in [0.29, 0.717) is 0 Å². The van der Waals surface area contributed by atoms with E-state index < -0.39 is 0 Å². The molecule has 136 valence electrons. The standard InChI is InChI=1S/C25H27N2/c1-3-26-22(18-20-12-8-10-16-24(20)26)14-6-5-7-15-23-19-21-13-9-11-17-25(21)27(23)4-2/h5-17H,3-4,18-19H2,1-2H3/q+1. The number of anilines is 1. The van der Waals surface area contributed by atoms with Crippen LogP contribution in [0.4, 0.5) is 11.4 Å². The van der Waals surface area contributed by atoms with E-state index in [9.17, 15) is 0 Å². The molecular formula is C25H27N2+. The third-order valence-corrected chi connectivity index (χ3v) is 5.43. The minimum Gasteiger partial charge on any atom is -0.345 e. The van der Waals surface area contributed by atoms with Crippen LogP contribution in [0.15, 0.2) is 84.6 Å². The molecule has 0 saturated heterocycles. The molecule has 0 amide bonds. The van der Waals surface area contributed by atoms with Gasteiger partial charge in [-0.15, -0.1) is 0 Å². The normalized spacial score (nSPS) is 17.6. The van der Waals surface area contributed by atoms with E-state index in [0.717, 1.165) is 25.9 Å². The molecule has 0 atom stereocenters. The molecule has 2 heteroatoms. The molecule has 2 aliphatic rings. The van der Waals surface area contributed by atoms with Gasteiger partial charge in [0.1, 0.15) is 6.54 Å². The molecule has 0 fully saturated rings. The van der Waals surface area contributed by atoms with Gasteiger partial charge in [0.25, 0.3) is 0 Å². The first-order chi connectivity index (χ1) is 13.3. The van der Waals surface area contributed by atoms with Gasteiger partial charge in [-0.05, 0) is 31.6 Å². The molecule has 2 aromatic carbocycles. The summed E-state index contributed by atoms with van der Waals surface area (Å²) in [6.45, 7) is 6.45. The third-order valence-electron chi connectivity index (χ3n) is 5.43. The average Bonchev–Trinajstić information content (AvgIpc) is 3.24. The lowest BCUT2D eigenvalue weighted by Crippen LogP contribution is -2.17. The van der Waals surface area contributed by atoms with Gasteiger partial charge in [0.2, 0.25) is 5.69 Å². The summed E-state index contributed by atoms with van der Waals surface area (Å²) in [4.78, 5) is 2.41. The van der Waals surface area contributed by atoms with Crippen molar-refractivity contribution in [2.24, 2.45) is 0 Å². The van der Waals surface area contributed by atoms with Gasteiger partial charge in [0.15, 0.2) is 5.71 Å². The first-order valence-electron chi connectivity index (χ1n) is 9.92. The van der Waals surface area contributed by atoms with Crippen LogP contribution in [0.25, 0.3) is 0 Å². The minimum absolute atomic E-state index is 1.01. The van der Waals surface area contributed by atoms with Gasteiger partial charge in [-0.3, -0.25) is 0 Å². The monoisotopic (exact) mass is 355 g/mol. The molecule has 2 aromatic rings. The minimum atomic E-state index is 1.01. The quantitative estimate of drug-likeness (QED) is 0.512. The Balaban J connectivity index is 1.47. The highest BCUT2D eigenvalue weighted by Gasteiger charge is 2.26. The number of nitrogens with zero attached hydrogens (tertiary/aromatic N) is 2. The summed E-state index contributed by atoms with van der Waals surface area (Å²) in [5.41, 5.74) is 8.31. The maximum absolute atomic E-state index is 2.41. The van der Waals surface area contributed by atoms with E-state index in [1.165, 1.54) is 33.9 Å². The molecule has 0 unspecified atom stereocenters. The third kappa shape index (κ3) is 3.40. The van der Waals surface area contributed by atoms with E-state index in [2.05, 4.69) is 102 Å². The summed E-state index contributed by atoms with van der Waals surface area (Å²) < 4.78 is 2.41. The SMILES string of the molecule is CCN1/C(=C/C=C/C=C/C2=[N+](CC)c3ccccc3C2)Cc2ccccc21. The fourth-order valence-corrected chi connectivity index (χ4v) is 4.18. The maximum Gasteiger partial charge on any atom is 0.209 e. The van der Waals surface area contributed by atoms with Crippen molar-refractivity contribution in [3.63, 3.8) is 0 Å². The second kappa shape index (κ2) is 7.79. The zero-order valence-electron chi connectivity index (χ0n) is 16.2. The van der Waals surface area contributed by atoms with Gasteiger partial charge in [0, 0.05) is 42.1 Å². The van der Waals surface area contributed by atoms with Crippen molar-refractivity contribution >= 4 is 17.1 Å². The summed E-state index contributed by atoms with van der Waals surface area (Å²) in [7, 11) is 0. The first kappa shape index (κ1) is 17.5. The Morgan fingerprint density at radius 1 is 0.889 bits per heavy atom. The Kier molecular flexibility index (Phi) is 5.06. The predicted molar refractivity (Wildman–Crippen MR) is 115 cm³/mol. The van der Waals surface area contributed by atoms with E-state index in [-0.39, 0.29) is 0 Å². The number of hydrogen-bond donors (Lipinski definition) is 0.